The van der Waals surface area contributed by atoms with E-state index in [2.05, 4.69) is 14.9 Å². The highest BCUT2D eigenvalue weighted by Gasteiger charge is 2.45. The summed E-state index contributed by atoms with van der Waals surface area (Å²) >= 11 is 5.77. The molecule has 68 valence electrons. The van der Waals surface area contributed by atoms with E-state index in [4.69, 9.17) is 11.6 Å². The maximum Gasteiger partial charge on any atom is 0.149 e. The summed E-state index contributed by atoms with van der Waals surface area (Å²) in [5.41, 5.74) is 0. The maximum atomic E-state index is 5.77. The van der Waals surface area contributed by atoms with E-state index in [1.165, 1.54) is 6.42 Å². The maximum absolute atomic E-state index is 5.77. The summed E-state index contributed by atoms with van der Waals surface area (Å²) in [5, 5.41) is 0.484. The van der Waals surface area contributed by atoms with Crippen LogP contribution in [0, 0.1) is 11.8 Å². The highest BCUT2D eigenvalue weighted by atomic mass is 35.5. The van der Waals surface area contributed by atoms with Crippen molar-refractivity contribution in [3.05, 3.63) is 17.5 Å². The Morgan fingerprint density at radius 2 is 2.08 bits per heavy atom. The second-order valence-corrected chi connectivity index (χ2v) is 4.25. The Morgan fingerprint density at radius 3 is 2.77 bits per heavy atom. The third-order valence-corrected chi connectivity index (χ3v) is 3.08. The van der Waals surface area contributed by atoms with Gasteiger partial charge in [-0.15, -0.1) is 0 Å². The molecule has 1 aromatic heterocycles. The van der Waals surface area contributed by atoms with E-state index in [-0.39, 0.29) is 0 Å². The number of rotatable bonds is 1. The van der Waals surface area contributed by atoms with Crippen molar-refractivity contribution in [2.45, 2.75) is 6.42 Å². The number of hydrogen-bond donors (Lipinski definition) is 0. The van der Waals surface area contributed by atoms with Crippen LogP contribution >= 0.6 is 11.6 Å². The number of nitrogens with zero attached hydrogens (tertiary/aromatic N) is 3. The number of aromatic nitrogens is 2. The van der Waals surface area contributed by atoms with E-state index in [9.17, 15) is 0 Å². The van der Waals surface area contributed by atoms with Gasteiger partial charge in [-0.05, 0) is 18.3 Å². The van der Waals surface area contributed by atoms with E-state index >= 15 is 0 Å². The van der Waals surface area contributed by atoms with Crippen LogP contribution in [0.25, 0.3) is 0 Å². The van der Waals surface area contributed by atoms with E-state index in [1.807, 2.05) is 0 Å². The summed E-state index contributed by atoms with van der Waals surface area (Å²) < 4.78 is 0. The van der Waals surface area contributed by atoms with Gasteiger partial charge in [-0.1, -0.05) is 11.6 Å². The van der Waals surface area contributed by atoms with Gasteiger partial charge in [-0.3, -0.25) is 4.98 Å². The fraction of sp³-hybridized carbons (Fsp3) is 0.556. The predicted molar refractivity (Wildman–Crippen MR) is 50.9 cm³/mol. The summed E-state index contributed by atoms with van der Waals surface area (Å²) in [6, 6.07) is 0. The second kappa shape index (κ2) is 2.58. The van der Waals surface area contributed by atoms with Crippen LogP contribution in [0.3, 0.4) is 0 Å². The third-order valence-electron chi connectivity index (χ3n) is 2.90. The number of hydrogen-bond acceptors (Lipinski definition) is 3. The molecule has 1 aliphatic heterocycles. The Balaban J connectivity index is 1.84. The van der Waals surface area contributed by atoms with Gasteiger partial charge in [-0.2, -0.15) is 0 Å². The van der Waals surface area contributed by atoms with Crippen molar-refractivity contribution in [2.75, 3.05) is 18.0 Å². The highest BCUT2D eigenvalue weighted by molar-refractivity contribution is 6.29. The van der Waals surface area contributed by atoms with Crippen LogP contribution in [0.4, 0.5) is 5.82 Å². The zero-order chi connectivity index (χ0) is 8.84. The zero-order valence-corrected chi connectivity index (χ0v) is 7.91. The van der Waals surface area contributed by atoms with E-state index in [1.54, 1.807) is 12.4 Å². The molecule has 3 nitrogen and oxygen atoms in total. The Hall–Kier alpha value is -0.830. The van der Waals surface area contributed by atoms with Crippen LogP contribution in [-0.4, -0.2) is 23.1 Å². The van der Waals surface area contributed by atoms with E-state index < -0.39 is 0 Å². The lowest BCUT2D eigenvalue weighted by atomic mass is 10.4. The van der Waals surface area contributed by atoms with Crippen molar-refractivity contribution < 1.29 is 0 Å². The molecule has 2 aliphatic rings. The minimum Gasteiger partial charge on any atom is -0.355 e. The van der Waals surface area contributed by atoms with E-state index in [0.29, 0.717) is 5.15 Å². The normalized spacial score (nSPS) is 30.4. The first kappa shape index (κ1) is 7.56. The van der Waals surface area contributed by atoms with Crippen LogP contribution in [0.2, 0.25) is 5.15 Å². The van der Waals surface area contributed by atoms with Crippen molar-refractivity contribution >= 4 is 17.4 Å². The van der Waals surface area contributed by atoms with Crippen LogP contribution in [-0.2, 0) is 0 Å². The Labute approximate surface area is 81.7 Å². The molecule has 0 spiro atoms. The van der Waals surface area contributed by atoms with Gasteiger partial charge in [-0.25, -0.2) is 4.98 Å². The molecule has 2 fully saturated rings. The molecule has 0 aromatic carbocycles. The third kappa shape index (κ3) is 1.27. The van der Waals surface area contributed by atoms with Gasteiger partial charge >= 0.3 is 0 Å². The Bertz CT molecular complexity index is 331. The lowest BCUT2D eigenvalue weighted by molar-refractivity contribution is 0.802. The molecule has 1 aromatic rings. The lowest BCUT2D eigenvalue weighted by Crippen LogP contribution is -2.22. The predicted octanol–water partition coefficient (Wildman–Crippen LogP) is 1.59. The molecule has 2 unspecified atom stereocenters. The molecule has 13 heavy (non-hydrogen) atoms. The molecule has 0 bridgehead atoms. The molecule has 4 heteroatoms. The molecule has 3 rings (SSSR count). The molecule has 0 N–H and O–H groups in total. The van der Waals surface area contributed by atoms with Gasteiger partial charge in [0.15, 0.2) is 0 Å². The van der Waals surface area contributed by atoms with Crippen LogP contribution in [0.15, 0.2) is 12.4 Å². The van der Waals surface area contributed by atoms with Gasteiger partial charge in [0.1, 0.15) is 11.0 Å². The largest absolute Gasteiger partial charge is 0.355 e. The Kier molecular flexibility index (Phi) is 1.50. The standard InChI is InChI=1S/C9H10ClN3/c10-8-2-11-3-9(12-8)13-4-6-1-7(6)5-13/h2-3,6-7H,1,4-5H2. The minimum absolute atomic E-state index is 0.484. The molecule has 1 saturated heterocycles. The molecule has 1 aliphatic carbocycles. The van der Waals surface area contributed by atoms with E-state index in [0.717, 1.165) is 30.7 Å². The van der Waals surface area contributed by atoms with Crippen molar-refractivity contribution in [3.8, 4) is 0 Å². The molecular formula is C9H10ClN3. The number of fused-ring (bicyclic) bond motifs is 1. The fourth-order valence-corrected chi connectivity index (χ4v) is 2.21. The van der Waals surface area contributed by atoms with Gasteiger partial charge in [0.05, 0.1) is 12.4 Å². The first-order valence-corrected chi connectivity index (χ1v) is 4.93. The molecule has 0 radical (unpaired) electrons. The smallest absolute Gasteiger partial charge is 0.149 e. The van der Waals surface area contributed by atoms with Crippen molar-refractivity contribution in [1.29, 1.82) is 0 Å². The fourth-order valence-electron chi connectivity index (χ4n) is 2.07. The average Bonchev–Trinajstić information content (AvgIpc) is 2.74. The van der Waals surface area contributed by atoms with Gasteiger partial charge in [0, 0.05) is 13.1 Å². The minimum atomic E-state index is 0.484. The summed E-state index contributed by atoms with van der Waals surface area (Å²) in [7, 11) is 0. The van der Waals surface area contributed by atoms with Crippen LogP contribution in [0.1, 0.15) is 6.42 Å². The number of halogens is 1. The summed E-state index contributed by atoms with van der Waals surface area (Å²) in [5.74, 6) is 2.77. The Morgan fingerprint density at radius 1 is 1.31 bits per heavy atom. The van der Waals surface area contributed by atoms with Gasteiger partial charge < -0.3 is 4.90 Å². The summed E-state index contributed by atoms with van der Waals surface area (Å²) in [4.78, 5) is 10.5. The molecular weight excluding hydrogens is 186 g/mol. The molecule has 2 atom stereocenters. The molecule has 2 heterocycles. The van der Waals surface area contributed by atoms with Crippen LogP contribution < -0.4 is 4.90 Å². The van der Waals surface area contributed by atoms with Crippen molar-refractivity contribution in [2.24, 2.45) is 11.8 Å². The first-order valence-electron chi connectivity index (χ1n) is 4.55. The second-order valence-electron chi connectivity index (χ2n) is 3.86. The number of piperidine rings is 1. The monoisotopic (exact) mass is 195 g/mol. The summed E-state index contributed by atoms with van der Waals surface area (Å²) in [6.07, 6.45) is 4.77. The number of anilines is 1. The summed E-state index contributed by atoms with van der Waals surface area (Å²) in [6.45, 7) is 2.28. The molecule has 1 saturated carbocycles. The topological polar surface area (TPSA) is 29.0 Å². The lowest BCUT2D eigenvalue weighted by Gasteiger charge is -2.17. The van der Waals surface area contributed by atoms with Crippen molar-refractivity contribution in [1.82, 2.24) is 9.97 Å². The first-order chi connectivity index (χ1) is 6.33. The quantitative estimate of drug-likeness (QED) is 0.682. The van der Waals surface area contributed by atoms with Gasteiger partial charge in [0.25, 0.3) is 0 Å². The van der Waals surface area contributed by atoms with Crippen LogP contribution in [0.5, 0.6) is 0 Å². The highest BCUT2D eigenvalue weighted by Crippen LogP contribution is 2.45. The average molecular weight is 196 g/mol. The SMILES string of the molecule is Clc1cncc(N2CC3CC3C2)n1. The van der Waals surface area contributed by atoms with Crippen molar-refractivity contribution in [3.63, 3.8) is 0 Å². The zero-order valence-electron chi connectivity index (χ0n) is 7.15. The molecule has 0 amide bonds. The van der Waals surface area contributed by atoms with Gasteiger partial charge in [0.2, 0.25) is 0 Å².